The molecule has 0 aliphatic rings. The molecule has 0 fully saturated rings. The number of ether oxygens (including phenoxy) is 2. The predicted molar refractivity (Wildman–Crippen MR) is 151 cm³/mol. The lowest BCUT2D eigenvalue weighted by atomic mass is 10.1. The number of para-hydroxylation sites is 2. The van der Waals surface area contributed by atoms with E-state index in [1.54, 1.807) is 38.5 Å². The molecule has 5 aromatic rings. The van der Waals surface area contributed by atoms with Crippen molar-refractivity contribution in [2.75, 3.05) is 26.6 Å². The minimum atomic E-state index is -0.278. The normalized spacial score (nSPS) is 11.2. The Morgan fingerprint density at radius 2 is 1.50 bits per heavy atom. The summed E-state index contributed by atoms with van der Waals surface area (Å²) in [6.45, 7) is 1.48. The average Bonchev–Trinajstić information content (AvgIpc) is 2.94. The standard InChI is InChI=1S/C31H29N3O4/c1-34(19-21-13-16-27(37-2)28(17-21)38-3)18-20-11-14-22(15-12-20)32-31(36)25-9-6-8-24-29(25)33-26-10-5-4-7-23(26)30(24)35/h4-17H,18-19H2,1-3H3,(H,32,36)(H,33,35). The Bertz CT molecular complexity index is 1680. The molecule has 0 aliphatic carbocycles. The van der Waals surface area contributed by atoms with Crippen LogP contribution in [0.2, 0.25) is 0 Å². The highest BCUT2D eigenvalue weighted by atomic mass is 16.5. The number of anilines is 1. The zero-order chi connectivity index (χ0) is 26.6. The van der Waals surface area contributed by atoms with Gasteiger partial charge in [0.2, 0.25) is 0 Å². The Balaban J connectivity index is 1.28. The smallest absolute Gasteiger partial charge is 0.257 e. The summed E-state index contributed by atoms with van der Waals surface area (Å²) in [7, 11) is 5.31. The Kier molecular flexibility index (Phi) is 7.11. The predicted octanol–water partition coefficient (Wildman–Crippen LogP) is 5.58. The SMILES string of the molecule is COc1ccc(CN(C)Cc2ccc(NC(=O)c3cccc4c(=O)c5ccccc5[nH]c34)cc2)cc1OC. The second-order valence-electron chi connectivity index (χ2n) is 9.24. The summed E-state index contributed by atoms with van der Waals surface area (Å²) in [4.78, 5) is 31.6. The molecule has 0 unspecified atom stereocenters. The van der Waals surface area contributed by atoms with Gasteiger partial charge >= 0.3 is 0 Å². The van der Waals surface area contributed by atoms with Crippen LogP contribution in [0.15, 0.2) is 89.7 Å². The van der Waals surface area contributed by atoms with Crippen molar-refractivity contribution in [2.24, 2.45) is 0 Å². The van der Waals surface area contributed by atoms with E-state index < -0.39 is 0 Å². The molecule has 5 rings (SSSR count). The second-order valence-corrected chi connectivity index (χ2v) is 9.24. The van der Waals surface area contributed by atoms with Crippen LogP contribution in [-0.2, 0) is 13.1 Å². The summed E-state index contributed by atoms with van der Waals surface area (Å²) in [6, 6.07) is 26.2. The second kappa shape index (κ2) is 10.8. The number of benzene rings is 4. The number of aromatic amines is 1. The number of nitrogens with one attached hydrogen (secondary N) is 2. The molecule has 7 heteroatoms. The van der Waals surface area contributed by atoms with Gasteiger partial charge in [0.05, 0.1) is 25.3 Å². The Labute approximate surface area is 220 Å². The highest BCUT2D eigenvalue weighted by Crippen LogP contribution is 2.28. The van der Waals surface area contributed by atoms with Crippen LogP contribution in [0.4, 0.5) is 5.69 Å². The quantitative estimate of drug-likeness (QED) is 0.268. The molecular weight excluding hydrogens is 478 g/mol. The first-order valence-electron chi connectivity index (χ1n) is 12.3. The topological polar surface area (TPSA) is 83.7 Å². The molecule has 1 heterocycles. The van der Waals surface area contributed by atoms with Gasteiger partial charge in [-0.2, -0.15) is 0 Å². The molecular formula is C31H29N3O4. The lowest BCUT2D eigenvalue weighted by Gasteiger charge is -2.18. The number of hydrogen-bond acceptors (Lipinski definition) is 5. The van der Waals surface area contributed by atoms with Gasteiger partial charge in [-0.15, -0.1) is 0 Å². The first-order valence-corrected chi connectivity index (χ1v) is 12.3. The van der Waals surface area contributed by atoms with E-state index in [4.69, 9.17) is 9.47 Å². The molecule has 0 saturated heterocycles. The van der Waals surface area contributed by atoms with E-state index in [1.165, 1.54) is 0 Å². The number of fused-ring (bicyclic) bond motifs is 2. The van der Waals surface area contributed by atoms with Crippen molar-refractivity contribution in [2.45, 2.75) is 13.1 Å². The van der Waals surface area contributed by atoms with Crippen LogP contribution >= 0.6 is 0 Å². The summed E-state index contributed by atoms with van der Waals surface area (Å²) in [5, 5.41) is 4.05. The van der Waals surface area contributed by atoms with Crippen molar-refractivity contribution in [3.63, 3.8) is 0 Å². The Morgan fingerprint density at radius 3 is 2.26 bits per heavy atom. The molecule has 0 spiro atoms. The van der Waals surface area contributed by atoms with Crippen LogP contribution < -0.4 is 20.2 Å². The van der Waals surface area contributed by atoms with Crippen LogP contribution in [0.5, 0.6) is 11.5 Å². The highest BCUT2D eigenvalue weighted by Gasteiger charge is 2.14. The first-order chi connectivity index (χ1) is 18.5. The molecule has 0 bridgehead atoms. The van der Waals surface area contributed by atoms with Crippen molar-refractivity contribution in [3.8, 4) is 11.5 Å². The fourth-order valence-corrected chi connectivity index (χ4v) is 4.69. The van der Waals surface area contributed by atoms with Gasteiger partial charge in [-0.25, -0.2) is 0 Å². The summed E-state index contributed by atoms with van der Waals surface area (Å²) in [5.74, 6) is 1.14. The molecule has 0 atom stereocenters. The van der Waals surface area contributed by atoms with E-state index in [9.17, 15) is 9.59 Å². The van der Waals surface area contributed by atoms with Crippen LogP contribution in [0, 0.1) is 0 Å². The van der Waals surface area contributed by atoms with Gasteiger partial charge in [0, 0.05) is 35.1 Å². The van der Waals surface area contributed by atoms with Crippen LogP contribution in [0.25, 0.3) is 21.8 Å². The molecule has 7 nitrogen and oxygen atoms in total. The average molecular weight is 508 g/mol. The molecule has 0 saturated carbocycles. The number of nitrogens with zero attached hydrogens (tertiary/aromatic N) is 1. The lowest BCUT2D eigenvalue weighted by molar-refractivity contribution is 0.102. The largest absolute Gasteiger partial charge is 0.493 e. The van der Waals surface area contributed by atoms with Gasteiger partial charge in [0.1, 0.15) is 0 Å². The van der Waals surface area contributed by atoms with Crippen LogP contribution in [0.3, 0.4) is 0 Å². The molecule has 0 radical (unpaired) electrons. The number of carbonyl (C=O) groups excluding carboxylic acids is 1. The van der Waals surface area contributed by atoms with Crippen molar-refractivity contribution >= 4 is 33.4 Å². The highest BCUT2D eigenvalue weighted by molar-refractivity contribution is 6.13. The van der Waals surface area contributed by atoms with Crippen molar-refractivity contribution in [3.05, 3.63) is 112 Å². The van der Waals surface area contributed by atoms with E-state index in [2.05, 4.69) is 22.2 Å². The minimum Gasteiger partial charge on any atom is -0.493 e. The van der Waals surface area contributed by atoms with Gasteiger partial charge in [-0.3, -0.25) is 14.5 Å². The van der Waals surface area contributed by atoms with Crippen LogP contribution in [0.1, 0.15) is 21.5 Å². The number of aromatic nitrogens is 1. The number of methoxy groups -OCH3 is 2. The van der Waals surface area contributed by atoms with E-state index in [1.807, 2.05) is 60.7 Å². The monoisotopic (exact) mass is 507 g/mol. The van der Waals surface area contributed by atoms with Crippen molar-refractivity contribution < 1.29 is 14.3 Å². The minimum absolute atomic E-state index is 0.0921. The third kappa shape index (κ3) is 5.10. The Hall–Kier alpha value is -4.62. The van der Waals surface area contributed by atoms with E-state index in [0.717, 1.165) is 24.2 Å². The number of rotatable bonds is 8. The van der Waals surface area contributed by atoms with Crippen molar-refractivity contribution in [1.29, 1.82) is 0 Å². The maximum Gasteiger partial charge on any atom is 0.257 e. The van der Waals surface area contributed by atoms with Crippen LogP contribution in [-0.4, -0.2) is 37.1 Å². The maximum atomic E-state index is 13.2. The third-order valence-corrected chi connectivity index (χ3v) is 6.55. The third-order valence-electron chi connectivity index (χ3n) is 6.55. The van der Waals surface area contributed by atoms with E-state index in [0.29, 0.717) is 44.6 Å². The first kappa shape index (κ1) is 25.0. The Morgan fingerprint density at radius 1 is 0.816 bits per heavy atom. The van der Waals surface area contributed by atoms with Gasteiger partial charge in [0.25, 0.3) is 5.91 Å². The van der Waals surface area contributed by atoms with E-state index >= 15 is 0 Å². The molecule has 0 aliphatic heterocycles. The summed E-state index contributed by atoms with van der Waals surface area (Å²) >= 11 is 0. The number of hydrogen-bond donors (Lipinski definition) is 2. The lowest BCUT2D eigenvalue weighted by Crippen LogP contribution is -2.17. The molecule has 1 aromatic heterocycles. The molecule has 4 aromatic carbocycles. The zero-order valence-corrected chi connectivity index (χ0v) is 21.6. The van der Waals surface area contributed by atoms with Gasteiger partial charge < -0.3 is 19.8 Å². The van der Waals surface area contributed by atoms with Crippen molar-refractivity contribution in [1.82, 2.24) is 9.88 Å². The fraction of sp³-hybridized carbons (Fsp3) is 0.161. The van der Waals surface area contributed by atoms with Gasteiger partial charge in [0.15, 0.2) is 16.9 Å². The summed E-state index contributed by atoms with van der Waals surface area (Å²) in [5.41, 5.74) is 4.48. The zero-order valence-electron chi connectivity index (χ0n) is 21.6. The van der Waals surface area contributed by atoms with Gasteiger partial charge in [-0.05, 0) is 66.7 Å². The molecule has 38 heavy (non-hydrogen) atoms. The summed E-state index contributed by atoms with van der Waals surface area (Å²) < 4.78 is 10.7. The number of carbonyl (C=O) groups is 1. The number of pyridine rings is 1. The van der Waals surface area contributed by atoms with Gasteiger partial charge in [-0.1, -0.05) is 36.4 Å². The number of amides is 1. The number of H-pyrrole nitrogens is 1. The van der Waals surface area contributed by atoms with E-state index in [-0.39, 0.29) is 11.3 Å². The summed E-state index contributed by atoms with van der Waals surface area (Å²) in [6.07, 6.45) is 0. The molecule has 192 valence electrons. The fourth-order valence-electron chi connectivity index (χ4n) is 4.69. The molecule has 1 amide bonds. The molecule has 2 N–H and O–H groups in total. The maximum absolute atomic E-state index is 13.2.